The van der Waals surface area contributed by atoms with Crippen molar-refractivity contribution in [3.63, 3.8) is 0 Å². The Kier molecular flexibility index (Phi) is 5.96. The molecule has 0 spiro atoms. The molecule has 0 bridgehead atoms. The Balaban J connectivity index is 1.40. The Bertz CT molecular complexity index is 907. The molecule has 8 nitrogen and oxygen atoms in total. The zero-order valence-corrected chi connectivity index (χ0v) is 17.5. The Morgan fingerprint density at radius 3 is 2.55 bits per heavy atom. The summed E-state index contributed by atoms with van der Waals surface area (Å²) in [4.78, 5) is 27.3. The van der Waals surface area contributed by atoms with Gasteiger partial charge in [-0.2, -0.15) is 0 Å². The number of nitrogens with zero attached hydrogens (tertiary/aromatic N) is 5. The van der Waals surface area contributed by atoms with Crippen molar-refractivity contribution >= 4 is 39.7 Å². The lowest BCUT2D eigenvalue weighted by Gasteiger charge is -2.34. The number of piperazine rings is 1. The molecular formula is C19H22ClN5O3S. The number of halogens is 1. The van der Waals surface area contributed by atoms with Gasteiger partial charge in [-0.05, 0) is 25.0 Å². The van der Waals surface area contributed by atoms with Crippen molar-refractivity contribution < 1.29 is 9.72 Å². The van der Waals surface area contributed by atoms with Gasteiger partial charge in [0.15, 0.2) is 0 Å². The van der Waals surface area contributed by atoms with Gasteiger partial charge in [-0.15, -0.1) is 10.2 Å². The highest BCUT2D eigenvalue weighted by atomic mass is 35.5. The molecule has 0 unspecified atom stereocenters. The zero-order valence-electron chi connectivity index (χ0n) is 15.9. The first-order valence-electron chi connectivity index (χ1n) is 9.84. The molecule has 1 aliphatic carbocycles. The monoisotopic (exact) mass is 435 g/mol. The molecule has 1 aliphatic heterocycles. The van der Waals surface area contributed by atoms with Gasteiger partial charge in [0.1, 0.15) is 10.6 Å². The van der Waals surface area contributed by atoms with E-state index in [1.807, 2.05) is 0 Å². The van der Waals surface area contributed by atoms with E-state index >= 15 is 0 Å². The fraction of sp³-hybridized carbons (Fsp3) is 0.526. The van der Waals surface area contributed by atoms with Crippen LogP contribution < -0.4 is 4.90 Å². The minimum absolute atomic E-state index is 0.0725. The number of nitro groups is 1. The molecule has 1 aromatic heterocycles. The Morgan fingerprint density at radius 2 is 1.86 bits per heavy atom. The zero-order chi connectivity index (χ0) is 20.4. The molecule has 0 radical (unpaired) electrons. The van der Waals surface area contributed by atoms with Gasteiger partial charge in [-0.3, -0.25) is 14.9 Å². The van der Waals surface area contributed by atoms with Crippen molar-refractivity contribution in [3.8, 4) is 0 Å². The molecule has 1 saturated heterocycles. The maximum Gasteiger partial charge on any atom is 0.283 e. The summed E-state index contributed by atoms with van der Waals surface area (Å²) >= 11 is 7.50. The van der Waals surface area contributed by atoms with E-state index in [-0.39, 0.29) is 22.2 Å². The van der Waals surface area contributed by atoms with E-state index in [1.54, 1.807) is 16.2 Å². The van der Waals surface area contributed by atoms with Crippen molar-refractivity contribution in [1.29, 1.82) is 0 Å². The predicted molar refractivity (Wildman–Crippen MR) is 112 cm³/mol. The average Bonchev–Trinajstić information content (AvgIpc) is 3.24. The first-order chi connectivity index (χ1) is 14.0. The number of benzene rings is 1. The highest BCUT2D eigenvalue weighted by molar-refractivity contribution is 7.15. The predicted octanol–water partition coefficient (Wildman–Crippen LogP) is 4.11. The summed E-state index contributed by atoms with van der Waals surface area (Å²) in [5.74, 6) is 0.191. The molecule has 2 aliphatic rings. The van der Waals surface area contributed by atoms with Crippen LogP contribution in [0.15, 0.2) is 18.2 Å². The van der Waals surface area contributed by atoms with Crippen LogP contribution in [0.25, 0.3) is 0 Å². The largest absolute Gasteiger partial charge is 0.343 e. The number of hydrogen-bond donors (Lipinski definition) is 0. The molecule has 10 heteroatoms. The number of hydrogen-bond acceptors (Lipinski definition) is 7. The molecule has 0 atom stereocenters. The molecule has 0 N–H and O–H groups in total. The number of amides is 1. The molecule has 29 heavy (non-hydrogen) atoms. The molecule has 4 rings (SSSR count). The van der Waals surface area contributed by atoms with Crippen LogP contribution in [0.1, 0.15) is 53.4 Å². The highest BCUT2D eigenvalue weighted by Gasteiger charge is 2.29. The van der Waals surface area contributed by atoms with Crippen LogP contribution in [0.3, 0.4) is 0 Å². The van der Waals surface area contributed by atoms with Gasteiger partial charge in [0.05, 0.1) is 4.92 Å². The summed E-state index contributed by atoms with van der Waals surface area (Å²) < 4.78 is 0. The molecule has 2 heterocycles. The van der Waals surface area contributed by atoms with Crippen molar-refractivity contribution in [2.24, 2.45) is 0 Å². The average molecular weight is 436 g/mol. The van der Waals surface area contributed by atoms with Gasteiger partial charge in [0.2, 0.25) is 5.13 Å². The maximum absolute atomic E-state index is 12.8. The van der Waals surface area contributed by atoms with Crippen molar-refractivity contribution in [2.75, 3.05) is 31.1 Å². The van der Waals surface area contributed by atoms with Crippen LogP contribution in [0.4, 0.5) is 10.8 Å². The SMILES string of the molecule is O=C(c1ccc(Cl)cc1[N+](=O)[O-])N1CCN(c2nnc(C3CCCCC3)s2)CC1. The van der Waals surface area contributed by atoms with Gasteiger partial charge in [0.25, 0.3) is 11.6 Å². The first-order valence-corrected chi connectivity index (χ1v) is 11.0. The minimum Gasteiger partial charge on any atom is -0.343 e. The van der Waals surface area contributed by atoms with Crippen molar-refractivity contribution in [1.82, 2.24) is 15.1 Å². The lowest BCUT2D eigenvalue weighted by atomic mass is 9.90. The van der Waals surface area contributed by atoms with Crippen molar-refractivity contribution in [2.45, 2.75) is 38.0 Å². The van der Waals surface area contributed by atoms with E-state index < -0.39 is 4.92 Å². The summed E-state index contributed by atoms with van der Waals surface area (Å²) in [6.07, 6.45) is 6.21. The van der Waals surface area contributed by atoms with E-state index in [9.17, 15) is 14.9 Å². The standard InChI is InChI=1S/C19H22ClN5O3S/c20-14-6-7-15(16(12-14)25(27)28)18(26)23-8-10-24(11-9-23)19-22-21-17(29-19)13-4-2-1-3-5-13/h6-7,12-13H,1-5,8-11H2. The van der Waals surface area contributed by atoms with Gasteiger partial charge < -0.3 is 9.80 Å². The number of anilines is 1. The summed E-state index contributed by atoms with van der Waals surface area (Å²) in [5, 5.41) is 22.3. The van der Waals surface area contributed by atoms with Crippen LogP contribution in [-0.2, 0) is 0 Å². The van der Waals surface area contributed by atoms with Crippen LogP contribution in [0.5, 0.6) is 0 Å². The molecule has 1 aromatic carbocycles. The number of rotatable bonds is 4. The third-order valence-corrected chi connectivity index (χ3v) is 6.99. The van der Waals surface area contributed by atoms with Gasteiger partial charge in [-0.1, -0.05) is 42.2 Å². The Morgan fingerprint density at radius 1 is 1.14 bits per heavy atom. The lowest BCUT2D eigenvalue weighted by molar-refractivity contribution is -0.385. The van der Waals surface area contributed by atoms with Crippen LogP contribution in [-0.4, -0.2) is 52.1 Å². The fourth-order valence-corrected chi connectivity index (χ4v) is 5.21. The molecule has 2 aromatic rings. The van der Waals surface area contributed by atoms with E-state index in [4.69, 9.17) is 11.6 Å². The lowest BCUT2D eigenvalue weighted by Crippen LogP contribution is -2.48. The third kappa shape index (κ3) is 4.35. The Labute approximate surface area is 177 Å². The van der Waals surface area contributed by atoms with Crippen LogP contribution in [0.2, 0.25) is 5.02 Å². The first kappa shape index (κ1) is 20.0. The van der Waals surface area contributed by atoms with E-state index in [1.165, 1.54) is 50.3 Å². The normalized spacial score (nSPS) is 18.1. The second-order valence-electron chi connectivity index (χ2n) is 7.46. The topological polar surface area (TPSA) is 92.5 Å². The van der Waals surface area contributed by atoms with Gasteiger partial charge in [0, 0.05) is 43.2 Å². The maximum atomic E-state index is 12.8. The van der Waals surface area contributed by atoms with Crippen LogP contribution in [0, 0.1) is 10.1 Å². The minimum atomic E-state index is -0.566. The van der Waals surface area contributed by atoms with E-state index in [2.05, 4.69) is 15.1 Å². The van der Waals surface area contributed by atoms with E-state index in [0.717, 1.165) is 10.1 Å². The molecule has 2 fully saturated rings. The number of carbonyl (C=O) groups excluding carboxylic acids is 1. The smallest absolute Gasteiger partial charge is 0.283 e. The third-order valence-electron chi connectivity index (χ3n) is 5.61. The quantitative estimate of drug-likeness (QED) is 0.530. The molecular weight excluding hydrogens is 414 g/mol. The van der Waals surface area contributed by atoms with E-state index in [0.29, 0.717) is 32.1 Å². The fourth-order valence-electron chi connectivity index (χ4n) is 3.98. The second-order valence-corrected chi connectivity index (χ2v) is 8.88. The van der Waals surface area contributed by atoms with Gasteiger partial charge >= 0.3 is 0 Å². The highest BCUT2D eigenvalue weighted by Crippen LogP contribution is 2.36. The van der Waals surface area contributed by atoms with Gasteiger partial charge in [-0.25, -0.2) is 0 Å². The molecule has 1 amide bonds. The summed E-state index contributed by atoms with van der Waals surface area (Å²) in [5.41, 5.74) is -0.186. The second kappa shape index (κ2) is 8.62. The number of carbonyl (C=O) groups is 1. The Hall–Kier alpha value is -2.26. The molecule has 1 saturated carbocycles. The summed E-state index contributed by atoms with van der Waals surface area (Å²) in [6, 6.07) is 4.15. The van der Waals surface area contributed by atoms with Crippen molar-refractivity contribution in [3.05, 3.63) is 43.9 Å². The number of nitro benzene ring substituents is 1. The summed E-state index contributed by atoms with van der Waals surface area (Å²) in [6.45, 7) is 2.23. The summed E-state index contributed by atoms with van der Waals surface area (Å²) in [7, 11) is 0. The number of aromatic nitrogens is 2. The van der Waals surface area contributed by atoms with Crippen LogP contribution >= 0.6 is 22.9 Å². The molecule has 154 valence electrons.